The summed E-state index contributed by atoms with van der Waals surface area (Å²) in [5.41, 5.74) is 2.85. The molecule has 9 heteroatoms. The first-order chi connectivity index (χ1) is 15.2. The molecule has 0 aliphatic carbocycles. The van der Waals surface area contributed by atoms with Crippen LogP contribution in [0.5, 0.6) is 0 Å². The van der Waals surface area contributed by atoms with Gasteiger partial charge in [0.1, 0.15) is 6.33 Å². The molecular weight excluding hydrogens is 392 g/mol. The number of imidazole rings is 1. The van der Waals surface area contributed by atoms with Crippen LogP contribution in [-0.4, -0.2) is 54.2 Å². The summed E-state index contributed by atoms with van der Waals surface area (Å²) in [7, 11) is 0. The minimum absolute atomic E-state index is 0.00541. The average molecular weight is 419 g/mol. The number of hydrogen-bond acceptors (Lipinski definition) is 6. The minimum Gasteiger partial charge on any atom is -0.351 e. The van der Waals surface area contributed by atoms with E-state index in [-0.39, 0.29) is 17.8 Å². The summed E-state index contributed by atoms with van der Waals surface area (Å²) in [4.78, 5) is 27.8. The maximum Gasteiger partial charge on any atom is 0.291 e. The van der Waals surface area contributed by atoms with Crippen molar-refractivity contribution < 1.29 is 4.79 Å². The van der Waals surface area contributed by atoms with E-state index in [2.05, 4.69) is 30.3 Å². The van der Waals surface area contributed by atoms with Crippen LogP contribution in [-0.2, 0) is 0 Å². The molecule has 1 N–H and O–H groups in total. The maximum absolute atomic E-state index is 12.6. The summed E-state index contributed by atoms with van der Waals surface area (Å²) in [6.45, 7) is 7.50. The molecule has 160 valence electrons. The van der Waals surface area contributed by atoms with E-state index in [0.717, 1.165) is 35.7 Å². The zero-order chi connectivity index (χ0) is 21.8. The molecule has 3 aromatic heterocycles. The maximum atomic E-state index is 12.6. The number of hydrogen-bond donors (Lipinski definition) is 1. The second kappa shape index (κ2) is 8.95. The van der Waals surface area contributed by atoms with Crippen molar-refractivity contribution in [3.8, 4) is 5.69 Å². The van der Waals surface area contributed by atoms with Gasteiger partial charge in [-0.1, -0.05) is 31.5 Å². The van der Waals surface area contributed by atoms with E-state index in [1.165, 1.54) is 0 Å². The van der Waals surface area contributed by atoms with Gasteiger partial charge in [0, 0.05) is 43.9 Å². The van der Waals surface area contributed by atoms with Crippen LogP contribution >= 0.6 is 0 Å². The first kappa shape index (κ1) is 20.5. The van der Waals surface area contributed by atoms with Crippen molar-refractivity contribution in [1.29, 1.82) is 0 Å². The van der Waals surface area contributed by atoms with Crippen molar-refractivity contribution in [2.75, 3.05) is 18.0 Å². The third-order valence-corrected chi connectivity index (χ3v) is 5.11. The molecule has 31 heavy (non-hydrogen) atoms. The van der Waals surface area contributed by atoms with E-state index in [1.54, 1.807) is 23.4 Å². The highest BCUT2D eigenvalue weighted by Crippen LogP contribution is 2.22. The van der Waals surface area contributed by atoms with Gasteiger partial charge in [-0.3, -0.25) is 4.79 Å². The Kier molecular flexibility index (Phi) is 5.92. The summed E-state index contributed by atoms with van der Waals surface area (Å²) in [5, 5.41) is 7.35. The van der Waals surface area contributed by atoms with Crippen LogP contribution < -0.4 is 10.2 Å². The van der Waals surface area contributed by atoms with Crippen LogP contribution in [0.2, 0.25) is 0 Å². The number of rotatable bonds is 4. The lowest BCUT2D eigenvalue weighted by Crippen LogP contribution is -2.37. The number of anilines is 1. The van der Waals surface area contributed by atoms with Gasteiger partial charge in [0.2, 0.25) is 5.82 Å². The number of aryl methyl sites for hydroxylation is 1. The average Bonchev–Trinajstić information content (AvgIpc) is 3.56. The Morgan fingerprint density at radius 2 is 1.81 bits per heavy atom. The molecule has 0 saturated carbocycles. The van der Waals surface area contributed by atoms with Gasteiger partial charge >= 0.3 is 0 Å². The molecule has 4 aromatic rings. The van der Waals surface area contributed by atoms with E-state index in [0.29, 0.717) is 6.54 Å². The fourth-order valence-electron chi connectivity index (χ4n) is 3.57. The van der Waals surface area contributed by atoms with E-state index >= 15 is 0 Å². The molecule has 4 heterocycles. The van der Waals surface area contributed by atoms with Gasteiger partial charge in [-0.2, -0.15) is 0 Å². The van der Waals surface area contributed by atoms with Crippen LogP contribution in [0.3, 0.4) is 0 Å². The molecule has 1 saturated heterocycles. The molecule has 1 fully saturated rings. The number of amides is 1. The first-order valence-corrected chi connectivity index (χ1v) is 10.5. The molecule has 1 aliphatic rings. The largest absolute Gasteiger partial charge is 0.351 e. The van der Waals surface area contributed by atoms with Crippen LogP contribution in [0.1, 0.15) is 36.5 Å². The second-order valence-electron chi connectivity index (χ2n) is 7.16. The van der Waals surface area contributed by atoms with Gasteiger partial charge < -0.3 is 14.6 Å². The molecule has 0 radical (unpaired) electrons. The van der Waals surface area contributed by atoms with Gasteiger partial charge in [0.15, 0.2) is 11.5 Å². The van der Waals surface area contributed by atoms with Crippen molar-refractivity contribution in [1.82, 2.24) is 34.4 Å². The van der Waals surface area contributed by atoms with Crippen LogP contribution in [0.15, 0.2) is 55.4 Å². The van der Waals surface area contributed by atoms with Gasteiger partial charge in [-0.25, -0.2) is 19.6 Å². The number of carbonyl (C=O) groups excluding carboxylic acids is 1. The number of benzene rings is 1. The molecule has 0 spiro atoms. The van der Waals surface area contributed by atoms with Crippen molar-refractivity contribution in [2.24, 2.45) is 0 Å². The number of fused-ring (bicyclic) bond motifs is 1. The quantitative estimate of drug-likeness (QED) is 0.548. The number of nitrogens with one attached hydrogen (secondary N) is 1. The molecule has 1 amide bonds. The molecule has 0 bridgehead atoms. The highest BCUT2D eigenvalue weighted by molar-refractivity contribution is 5.90. The molecule has 1 aromatic carbocycles. The normalized spacial score (nSPS) is 15.6. The van der Waals surface area contributed by atoms with Crippen molar-refractivity contribution >= 4 is 17.4 Å². The first-order valence-electron chi connectivity index (χ1n) is 10.5. The van der Waals surface area contributed by atoms with Crippen molar-refractivity contribution in [3.05, 3.63) is 66.8 Å². The van der Waals surface area contributed by atoms with Gasteiger partial charge in [0.25, 0.3) is 5.91 Å². The summed E-state index contributed by atoms with van der Waals surface area (Å²) in [6.07, 6.45) is 9.67. The summed E-state index contributed by atoms with van der Waals surface area (Å²) in [5.74, 6) is 0.725. The zero-order valence-corrected chi connectivity index (χ0v) is 17.9. The minimum atomic E-state index is -0.269. The summed E-state index contributed by atoms with van der Waals surface area (Å²) in [6, 6.07) is 7.90. The highest BCUT2D eigenvalue weighted by atomic mass is 16.2. The topological polar surface area (TPSA) is 93.2 Å². The van der Waals surface area contributed by atoms with E-state index in [9.17, 15) is 4.79 Å². The van der Waals surface area contributed by atoms with E-state index in [4.69, 9.17) is 0 Å². The number of aromatic nitrogens is 6. The molecular formula is C22H26N8O. The molecule has 5 rings (SSSR count). The third-order valence-electron chi connectivity index (χ3n) is 5.11. The molecule has 1 atom stereocenters. The van der Waals surface area contributed by atoms with Gasteiger partial charge in [0.05, 0.1) is 5.69 Å². The number of nitrogens with zero attached hydrogens (tertiary/aromatic N) is 7. The highest BCUT2D eigenvalue weighted by Gasteiger charge is 2.27. The number of carbonyl (C=O) groups is 1. The monoisotopic (exact) mass is 418 g/mol. The Hall–Kier alpha value is -3.75. The summed E-state index contributed by atoms with van der Waals surface area (Å²) >= 11 is 0. The SMILES string of the molecule is CC.Cc1ccc(-n2cnc(C(=O)NC3CCN(c4nccn5ccnc45)C3)n2)cc1. The Labute approximate surface area is 180 Å². The molecule has 9 nitrogen and oxygen atoms in total. The zero-order valence-electron chi connectivity index (χ0n) is 17.9. The Morgan fingerprint density at radius 1 is 1.06 bits per heavy atom. The smallest absolute Gasteiger partial charge is 0.291 e. The Bertz CT molecular complexity index is 1160. The van der Waals surface area contributed by atoms with Gasteiger partial charge in [-0.05, 0) is 25.5 Å². The van der Waals surface area contributed by atoms with Crippen molar-refractivity contribution in [3.63, 3.8) is 0 Å². The van der Waals surface area contributed by atoms with Crippen LogP contribution in [0, 0.1) is 6.92 Å². The van der Waals surface area contributed by atoms with Crippen molar-refractivity contribution in [2.45, 2.75) is 33.2 Å². The van der Waals surface area contributed by atoms with E-state index in [1.807, 2.05) is 61.8 Å². The lowest BCUT2D eigenvalue weighted by atomic mass is 10.2. The fraction of sp³-hybridized carbons (Fsp3) is 0.318. The fourth-order valence-corrected chi connectivity index (χ4v) is 3.57. The predicted molar refractivity (Wildman–Crippen MR) is 119 cm³/mol. The predicted octanol–water partition coefficient (Wildman–Crippen LogP) is 2.65. The molecule has 1 aliphatic heterocycles. The second-order valence-corrected chi connectivity index (χ2v) is 7.16. The van der Waals surface area contributed by atoms with Crippen LogP contribution in [0.25, 0.3) is 11.3 Å². The Morgan fingerprint density at radius 3 is 2.58 bits per heavy atom. The Balaban J connectivity index is 0.00000112. The van der Waals surface area contributed by atoms with E-state index < -0.39 is 0 Å². The third kappa shape index (κ3) is 4.25. The summed E-state index contributed by atoms with van der Waals surface area (Å²) < 4.78 is 3.55. The van der Waals surface area contributed by atoms with Crippen LogP contribution in [0.4, 0.5) is 5.82 Å². The standard InChI is InChI=1S/C20H20N8O.C2H6/c1-14-2-4-16(5-3-14)28-13-23-17(25-28)20(29)24-15-6-9-27(12-15)19-18-21-7-10-26(18)11-8-22-19;1-2/h2-5,7-8,10-11,13,15H,6,9,12H2,1H3,(H,24,29);1-2H3. The lowest BCUT2D eigenvalue weighted by molar-refractivity contribution is 0.0930. The lowest BCUT2D eigenvalue weighted by Gasteiger charge is -2.18. The van der Waals surface area contributed by atoms with Gasteiger partial charge in [-0.15, -0.1) is 5.10 Å². The molecule has 1 unspecified atom stereocenters.